The largest absolute Gasteiger partial charge is 0.481 e. The molecule has 0 saturated carbocycles. The van der Waals surface area contributed by atoms with Gasteiger partial charge in [-0.2, -0.15) is 0 Å². The summed E-state index contributed by atoms with van der Waals surface area (Å²) in [5.41, 5.74) is 4.72. The highest BCUT2D eigenvalue weighted by molar-refractivity contribution is 5.88. The standard InChI is InChI=1S/C3H8N2O.C3H4O4/c1-5(2)3(4)6;4-2(5)1-3(6)7/h1-2H3,(H2,4,6);1H2,(H,4,5)(H,6,7). The smallest absolute Gasteiger partial charge is 0.314 e. The summed E-state index contributed by atoms with van der Waals surface area (Å²) in [6.45, 7) is 0. The molecule has 0 aromatic heterocycles. The fourth-order valence-corrected chi connectivity index (χ4v) is 0.129. The Hall–Kier alpha value is -1.79. The number of aliphatic carboxylic acids is 2. The SMILES string of the molecule is CN(C)C(N)=O.O=C(O)CC(=O)O. The Bertz CT molecular complexity index is 189. The van der Waals surface area contributed by atoms with Gasteiger partial charge in [-0.25, -0.2) is 4.79 Å². The molecule has 0 rings (SSSR count). The molecule has 4 N–H and O–H groups in total. The number of carboxylic acid groups (broad SMARTS) is 2. The average Bonchev–Trinajstić information content (AvgIpc) is 1.84. The third-order valence-electron chi connectivity index (χ3n) is 0.743. The minimum absolute atomic E-state index is 0.407. The van der Waals surface area contributed by atoms with Gasteiger partial charge < -0.3 is 20.8 Å². The van der Waals surface area contributed by atoms with Crippen LogP contribution in [0, 0.1) is 0 Å². The van der Waals surface area contributed by atoms with Gasteiger partial charge in [0.15, 0.2) is 0 Å². The Morgan fingerprint density at radius 1 is 1.15 bits per heavy atom. The van der Waals surface area contributed by atoms with Crippen molar-refractivity contribution in [2.75, 3.05) is 14.1 Å². The molecule has 0 fully saturated rings. The van der Waals surface area contributed by atoms with Gasteiger partial charge >= 0.3 is 18.0 Å². The third kappa shape index (κ3) is 17.8. The normalized spacial score (nSPS) is 7.85. The summed E-state index contributed by atoms with van der Waals surface area (Å²) >= 11 is 0. The van der Waals surface area contributed by atoms with E-state index >= 15 is 0 Å². The molecule has 0 aromatic carbocycles. The van der Waals surface area contributed by atoms with E-state index in [1.165, 1.54) is 4.90 Å². The number of amides is 2. The zero-order valence-corrected chi connectivity index (χ0v) is 7.35. The molecule has 2 amide bonds. The molecule has 0 bridgehead atoms. The molecule has 76 valence electrons. The van der Waals surface area contributed by atoms with Crippen LogP contribution in [0.4, 0.5) is 4.79 Å². The van der Waals surface area contributed by atoms with Crippen LogP contribution in [0.2, 0.25) is 0 Å². The predicted octanol–water partition coefficient (Wildman–Crippen LogP) is -0.828. The Balaban J connectivity index is 0. The molecule has 0 aliphatic heterocycles. The molecule has 13 heavy (non-hydrogen) atoms. The summed E-state index contributed by atoms with van der Waals surface area (Å²) < 4.78 is 0. The summed E-state index contributed by atoms with van der Waals surface area (Å²) in [7, 11) is 3.20. The monoisotopic (exact) mass is 192 g/mol. The fraction of sp³-hybridized carbons (Fsp3) is 0.500. The molecule has 0 aromatic rings. The van der Waals surface area contributed by atoms with Crippen LogP contribution < -0.4 is 5.73 Å². The second kappa shape index (κ2) is 6.89. The van der Waals surface area contributed by atoms with Crippen LogP contribution in [0.25, 0.3) is 0 Å². The number of rotatable bonds is 2. The molecule has 0 aliphatic carbocycles. The summed E-state index contributed by atoms with van der Waals surface area (Å²) in [4.78, 5) is 30.0. The van der Waals surface area contributed by atoms with E-state index in [1.807, 2.05) is 0 Å². The molecule has 0 heterocycles. The molecular formula is C6H12N2O5. The third-order valence-corrected chi connectivity index (χ3v) is 0.743. The number of urea groups is 1. The van der Waals surface area contributed by atoms with E-state index in [0.717, 1.165) is 0 Å². The summed E-state index contributed by atoms with van der Waals surface area (Å²) in [5.74, 6) is -2.62. The summed E-state index contributed by atoms with van der Waals surface area (Å²) in [6, 6.07) is -0.407. The number of carbonyl (C=O) groups is 3. The van der Waals surface area contributed by atoms with Crippen LogP contribution in [0.1, 0.15) is 6.42 Å². The van der Waals surface area contributed by atoms with E-state index in [9.17, 15) is 14.4 Å². The van der Waals surface area contributed by atoms with Crippen molar-refractivity contribution in [3.05, 3.63) is 0 Å². The average molecular weight is 192 g/mol. The Kier molecular flexibility index (Phi) is 7.30. The lowest BCUT2D eigenvalue weighted by Gasteiger charge is -2.01. The number of hydrogen-bond acceptors (Lipinski definition) is 3. The van der Waals surface area contributed by atoms with E-state index in [4.69, 9.17) is 15.9 Å². The topological polar surface area (TPSA) is 121 Å². The second-order valence-corrected chi connectivity index (χ2v) is 2.20. The van der Waals surface area contributed by atoms with Gasteiger partial charge in [-0.3, -0.25) is 9.59 Å². The Morgan fingerprint density at radius 2 is 1.38 bits per heavy atom. The lowest BCUT2D eigenvalue weighted by atomic mass is 10.5. The maximum Gasteiger partial charge on any atom is 0.314 e. The van der Waals surface area contributed by atoms with Crippen molar-refractivity contribution < 1.29 is 24.6 Å². The van der Waals surface area contributed by atoms with Crippen molar-refractivity contribution in [3.63, 3.8) is 0 Å². The van der Waals surface area contributed by atoms with Gasteiger partial charge in [0.05, 0.1) is 0 Å². The lowest BCUT2D eigenvalue weighted by Crippen LogP contribution is -2.27. The highest BCUT2D eigenvalue weighted by atomic mass is 16.4. The number of primary amides is 1. The van der Waals surface area contributed by atoms with E-state index in [0.29, 0.717) is 0 Å². The predicted molar refractivity (Wildman–Crippen MR) is 43.2 cm³/mol. The summed E-state index contributed by atoms with van der Waals surface area (Å²) in [5, 5.41) is 15.4. The first-order chi connectivity index (χ1) is 5.77. The lowest BCUT2D eigenvalue weighted by molar-refractivity contribution is -0.147. The zero-order valence-electron chi connectivity index (χ0n) is 7.35. The molecule has 0 unspecified atom stereocenters. The molecule has 0 radical (unpaired) electrons. The summed E-state index contributed by atoms with van der Waals surface area (Å²) in [6.07, 6.45) is -0.806. The number of hydrogen-bond donors (Lipinski definition) is 3. The number of carboxylic acids is 2. The second-order valence-electron chi connectivity index (χ2n) is 2.20. The van der Waals surface area contributed by atoms with Crippen LogP contribution in [-0.4, -0.2) is 47.2 Å². The van der Waals surface area contributed by atoms with Crippen LogP contribution >= 0.6 is 0 Å². The number of carbonyl (C=O) groups excluding carboxylic acids is 1. The van der Waals surface area contributed by atoms with E-state index in [1.54, 1.807) is 14.1 Å². The van der Waals surface area contributed by atoms with Crippen molar-refractivity contribution in [1.82, 2.24) is 4.90 Å². The molecule has 0 spiro atoms. The molecule has 0 aliphatic rings. The molecular weight excluding hydrogens is 180 g/mol. The Labute approximate surface area is 74.7 Å². The zero-order chi connectivity index (χ0) is 11.0. The van der Waals surface area contributed by atoms with Crippen molar-refractivity contribution in [2.24, 2.45) is 5.73 Å². The number of nitrogens with two attached hydrogens (primary N) is 1. The first kappa shape index (κ1) is 13.8. The van der Waals surface area contributed by atoms with Gasteiger partial charge in [0.1, 0.15) is 6.42 Å². The maximum atomic E-state index is 9.85. The van der Waals surface area contributed by atoms with E-state index < -0.39 is 24.4 Å². The van der Waals surface area contributed by atoms with Crippen LogP contribution in [0.15, 0.2) is 0 Å². The van der Waals surface area contributed by atoms with Gasteiger partial charge in [-0.15, -0.1) is 0 Å². The fourth-order valence-electron chi connectivity index (χ4n) is 0.129. The van der Waals surface area contributed by atoms with E-state index in [-0.39, 0.29) is 0 Å². The highest BCUT2D eigenvalue weighted by Crippen LogP contribution is 1.74. The quantitative estimate of drug-likeness (QED) is 0.493. The van der Waals surface area contributed by atoms with Crippen LogP contribution in [0.3, 0.4) is 0 Å². The number of nitrogens with zero attached hydrogens (tertiary/aromatic N) is 1. The van der Waals surface area contributed by atoms with Crippen molar-refractivity contribution >= 4 is 18.0 Å². The molecule has 0 atom stereocenters. The van der Waals surface area contributed by atoms with Gasteiger partial charge in [0.25, 0.3) is 0 Å². The first-order valence-electron chi connectivity index (χ1n) is 3.17. The van der Waals surface area contributed by atoms with Crippen molar-refractivity contribution in [2.45, 2.75) is 6.42 Å². The van der Waals surface area contributed by atoms with Gasteiger partial charge in [0.2, 0.25) is 0 Å². The van der Waals surface area contributed by atoms with Crippen LogP contribution in [-0.2, 0) is 9.59 Å². The van der Waals surface area contributed by atoms with Crippen molar-refractivity contribution in [3.8, 4) is 0 Å². The molecule has 7 heteroatoms. The minimum atomic E-state index is -1.31. The minimum Gasteiger partial charge on any atom is -0.481 e. The van der Waals surface area contributed by atoms with Gasteiger partial charge in [-0.1, -0.05) is 0 Å². The molecule has 0 saturated heterocycles. The van der Waals surface area contributed by atoms with Gasteiger partial charge in [0, 0.05) is 14.1 Å². The maximum absolute atomic E-state index is 9.85. The highest BCUT2D eigenvalue weighted by Gasteiger charge is 2.01. The molecule has 7 nitrogen and oxygen atoms in total. The van der Waals surface area contributed by atoms with Crippen molar-refractivity contribution in [1.29, 1.82) is 0 Å². The van der Waals surface area contributed by atoms with E-state index in [2.05, 4.69) is 0 Å². The van der Waals surface area contributed by atoms with Crippen LogP contribution in [0.5, 0.6) is 0 Å². The first-order valence-corrected chi connectivity index (χ1v) is 3.17. The van der Waals surface area contributed by atoms with Gasteiger partial charge in [-0.05, 0) is 0 Å². The Morgan fingerprint density at radius 3 is 1.38 bits per heavy atom.